The normalized spacial score (nSPS) is 12.6. The van der Waals surface area contributed by atoms with Crippen LogP contribution in [0, 0.1) is 0 Å². The molecule has 2 aromatic rings. The Kier molecular flexibility index (Phi) is 4.57. The molecule has 0 fully saturated rings. The summed E-state index contributed by atoms with van der Waals surface area (Å²) in [6.07, 6.45) is 1.74. The molecule has 0 aliphatic carbocycles. The van der Waals surface area contributed by atoms with Gasteiger partial charge in [0.25, 0.3) is 0 Å². The molecule has 1 heterocycles. The Hall–Kier alpha value is -1.66. The number of nitrogens with zero attached hydrogens (tertiary/aromatic N) is 2. The third-order valence-electron chi connectivity index (χ3n) is 3.29. The number of likely N-dealkylation sites (N-methyl/N-ethyl adjacent to an activating group) is 1. The maximum absolute atomic E-state index is 11.0. The van der Waals surface area contributed by atoms with E-state index in [1.165, 1.54) is 0 Å². The molecule has 6 heteroatoms. The van der Waals surface area contributed by atoms with Gasteiger partial charge >= 0.3 is 5.97 Å². The maximum atomic E-state index is 11.0. The molecule has 0 bridgehead atoms. The SMILES string of the molecule is CC(C(=O)O)N(C)Cc1cn[nH]c1-c1ccc(Br)cc1. The molecule has 2 rings (SSSR count). The number of carbonyl (C=O) groups is 1. The maximum Gasteiger partial charge on any atom is 0.320 e. The van der Waals surface area contributed by atoms with Gasteiger partial charge in [-0.05, 0) is 31.7 Å². The Labute approximate surface area is 125 Å². The Morgan fingerprint density at radius 3 is 2.70 bits per heavy atom. The number of halogens is 1. The lowest BCUT2D eigenvalue weighted by Crippen LogP contribution is -2.35. The smallest absolute Gasteiger partial charge is 0.320 e. The molecule has 1 unspecified atom stereocenters. The molecule has 0 aliphatic heterocycles. The van der Waals surface area contributed by atoms with Crippen molar-refractivity contribution >= 4 is 21.9 Å². The minimum absolute atomic E-state index is 0.523. The summed E-state index contributed by atoms with van der Waals surface area (Å²) in [7, 11) is 1.79. The van der Waals surface area contributed by atoms with E-state index < -0.39 is 12.0 Å². The van der Waals surface area contributed by atoms with Crippen LogP contribution >= 0.6 is 15.9 Å². The molecular weight excluding hydrogens is 322 g/mol. The van der Waals surface area contributed by atoms with Gasteiger partial charge in [0.05, 0.1) is 11.9 Å². The number of aromatic nitrogens is 2. The molecule has 1 aromatic carbocycles. The molecule has 0 saturated heterocycles. The monoisotopic (exact) mass is 337 g/mol. The minimum atomic E-state index is -0.832. The highest BCUT2D eigenvalue weighted by atomic mass is 79.9. The van der Waals surface area contributed by atoms with Crippen molar-refractivity contribution in [2.24, 2.45) is 0 Å². The van der Waals surface area contributed by atoms with Gasteiger partial charge in [-0.2, -0.15) is 5.10 Å². The van der Waals surface area contributed by atoms with Crippen LogP contribution in [0.15, 0.2) is 34.9 Å². The number of aromatic amines is 1. The van der Waals surface area contributed by atoms with Crippen LogP contribution < -0.4 is 0 Å². The average molecular weight is 338 g/mol. The quantitative estimate of drug-likeness (QED) is 0.880. The van der Waals surface area contributed by atoms with Gasteiger partial charge in [-0.1, -0.05) is 28.1 Å². The summed E-state index contributed by atoms with van der Waals surface area (Å²) in [6, 6.07) is 7.36. The highest BCUT2D eigenvalue weighted by Crippen LogP contribution is 2.24. The van der Waals surface area contributed by atoms with Gasteiger partial charge in [-0.25, -0.2) is 0 Å². The summed E-state index contributed by atoms with van der Waals surface area (Å²) >= 11 is 3.40. The van der Waals surface area contributed by atoms with E-state index in [4.69, 9.17) is 5.11 Å². The first-order chi connectivity index (χ1) is 9.49. The van der Waals surface area contributed by atoms with Crippen LogP contribution in [-0.2, 0) is 11.3 Å². The van der Waals surface area contributed by atoms with Crippen LogP contribution in [0.3, 0.4) is 0 Å². The number of rotatable bonds is 5. The van der Waals surface area contributed by atoms with E-state index in [2.05, 4.69) is 26.1 Å². The van der Waals surface area contributed by atoms with Crippen molar-refractivity contribution in [2.45, 2.75) is 19.5 Å². The van der Waals surface area contributed by atoms with E-state index in [1.807, 2.05) is 24.3 Å². The fourth-order valence-electron chi connectivity index (χ4n) is 1.89. The molecule has 106 valence electrons. The summed E-state index contributed by atoms with van der Waals surface area (Å²) in [5.74, 6) is -0.832. The standard InChI is InChI=1S/C14H16BrN3O2/c1-9(14(19)20)18(2)8-11-7-16-17-13(11)10-3-5-12(15)6-4-10/h3-7,9H,8H2,1-2H3,(H,16,17)(H,19,20). The van der Waals surface area contributed by atoms with Gasteiger partial charge in [-0.15, -0.1) is 0 Å². The lowest BCUT2D eigenvalue weighted by Gasteiger charge is -2.20. The number of carboxylic acids is 1. The van der Waals surface area contributed by atoms with Gasteiger partial charge in [-0.3, -0.25) is 14.8 Å². The molecule has 1 atom stereocenters. The molecule has 2 N–H and O–H groups in total. The summed E-state index contributed by atoms with van der Waals surface area (Å²) in [4.78, 5) is 12.8. The van der Waals surface area contributed by atoms with Gasteiger partial charge in [0, 0.05) is 16.6 Å². The highest BCUT2D eigenvalue weighted by Gasteiger charge is 2.18. The first-order valence-electron chi connectivity index (χ1n) is 6.20. The summed E-state index contributed by atoms with van der Waals surface area (Å²) in [5.41, 5.74) is 2.92. The van der Waals surface area contributed by atoms with E-state index >= 15 is 0 Å². The van der Waals surface area contributed by atoms with Crippen LogP contribution in [0.1, 0.15) is 12.5 Å². The predicted octanol–water partition coefficient (Wildman–Crippen LogP) is 2.74. The van der Waals surface area contributed by atoms with Gasteiger partial charge in [0.1, 0.15) is 6.04 Å². The van der Waals surface area contributed by atoms with E-state index in [-0.39, 0.29) is 0 Å². The molecule has 5 nitrogen and oxygen atoms in total. The fraction of sp³-hybridized carbons (Fsp3) is 0.286. The number of nitrogens with one attached hydrogen (secondary N) is 1. The molecule has 0 amide bonds. The number of benzene rings is 1. The lowest BCUT2D eigenvalue weighted by atomic mass is 10.1. The highest BCUT2D eigenvalue weighted by molar-refractivity contribution is 9.10. The Bertz CT molecular complexity index is 595. The van der Waals surface area contributed by atoms with Crippen LogP contribution in [0.5, 0.6) is 0 Å². The van der Waals surface area contributed by atoms with Gasteiger partial charge in [0.15, 0.2) is 0 Å². The molecule has 0 spiro atoms. The number of hydrogen-bond acceptors (Lipinski definition) is 3. The van der Waals surface area contributed by atoms with E-state index in [1.54, 1.807) is 25.1 Å². The number of H-pyrrole nitrogens is 1. The zero-order valence-corrected chi connectivity index (χ0v) is 12.9. The largest absolute Gasteiger partial charge is 0.480 e. The lowest BCUT2D eigenvalue weighted by molar-refractivity contribution is -0.142. The molecule has 0 aliphatic rings. The third kappa shape index (κ3) is 3.26. The van der Waals surface area contributed by atoms with Crippen LogP contribution in [0.4, 0.5) is 0 Å². The molecule has 1 aromatic heterocycles. The van der Waals surface area contributed by atoms with Crippen molar-refractivity contribution in [3.05, 3.63) is 40.5 Å². The molecule has 0 radical (unpaired) electrons. The van der Waals surface area contributed by atoms with E-state index in [0.29, 0.717) is 6.54 Å². The van der Waals surface area contributed by atoms with Crippen molar-refractivity contribution in [3.63, 3.8) is 0 Å². The molecule has 0 saturated carbocycles. The van der Waals surface area contributed by atoms with Crippen LogP contribution in [0.25, 0.3) is 11.3 Å². The molecule has 20 heavy (non-hydrogen) atoms. The predicted molar refractivity (Wildman–Crippen MR) is 80.3 cm³/mol. The van der Waals surface area contributed by atoms with Crippen molar-refractivity contribution in [1.82, 2.24) is 15.1 Å². The second kappa shape index (κ2) is 6.19. The van der Waals surface area contributed by atoms with Crippen LogP contribution in [-0.4, -0.2) is 39.3 Å². The topological polar surface area (TPSA) is 69.2 Å². The van der Waals surface area contributed by atoms with Crippen molar-refractivity contribution in [3.8, 4) is 11.3 Å². The number of aliphatic carboxylic acids is 1. The van der Waals surface area contributed by atoms with Gasteiger partial charge < -0.3 is 5.11 Å². The Morgan fingerprint density at radius 1 is 1.45 bits per heavy atom. The number of carboxylic acid groups (broad SMARTS) is 1. The van der Waals surface area contributed by atoms with E-state index in [0.717, 1.165) is 21.3 Å². The van der Waals surface area contributed by atoms with Gasteiger partial charge in [0.2, 0.25) is 0 Å². The van der Waals surface area contributed by atoms with Crippen molar-refractivity contribution < 1.29 is 9.90 Å². The second-order valence-electron chi connectivity index (χ2n) is 4.71. The zero-order valence-electron chi connectivity index (χ0n) is 11.3. The summed E-state index contributed by atoms with van der Waals surface area (Å²) in [6.45, 7) is 2.19. The van der Waals surface area contributed by atoms with Crippen molar-refractivity contribution in [2.75, 3.05) is 7.05 Å². The first kappa shape index (κ1) is 14.7. The summed E-state index contributed by atoms with van der Waals surface area (Å²) < 4.78 is 1.01. The summed E-state index contributed by atoms with van der Waals surface area (Å²) in [5, 5.41) is 16.1. The first-order valence-corrected chi connectivity index (χ1v) is 6.99. The fourth-order valence-corrected chi connectivity index (χ4v) is 2.16. The average Bonchev–Trinajstić information content (AvgIpc) is 2.86. The minimum Gasteiger partial charge on any atom is -0.480 e. The van der Waals surface area contributed by atoms with Crippen LogP contribution in [0.2, 0.25) is 0 Å². The molecular formula is C14H16BrN3O2. The Morgan fingerprint density at radius 2 is 2.10 bits per heavy atom. The number of hydrogen-bond donors (Lipinski definition) is 2. The Balaban J connectivity index is 2.21. The van der Waals surface area contributed by atoms with E-state index in [9.17, 15) is 4.79 Å². The van der Waals surface area contributed by atoms with Crippen molar-refractivity contribution in [1.29, 1.82) is 0 Å². The zero-order chi connectivity index (χ0) is 14.7. The third-order valence-corrected chi connectivity index (χ3v) is 3.82. The second-order valence-corrected chi connectivity index (χ2v) is 5.62.